The van der Waals surface area contributed by atoms with Gasteiger partial charge in [0.2, 0.25) is 0 Å². The fraction of sp³-hybridized carbons (Fsp3) is 0.357. The molecular weight excluding hydrogens is 244 g/mol. The topological polar surface area (TPSA) is 34.1 Å². The third kappa shape index (κ3) is 2.46. The normalized spacial score (nSPS) is 19.9. The molecule has 3 rings (SSSR count). The number of hydrogen-bond acceptors (Lipinski definition) is 4. The van der Waals surface area contributed by atoms with E-state index in [-0.39, 0.29) is 6.10 Å². The predicted octanol–water partition coefficient (Wildman–Crippen LogP) is 2.78. The molecule has 0 amide bonds. The van der Waals surface area contributed by atoms with Gasteiger partial charge in [0, 0.05) is 24.0 Å². The molecule has 0 radical (unpaired) electrons. The largest absolute Gasteiger partial charge is 0.368 e. The molecule has 1 aromatic heterocycles. The zero-order chi connectivity index (χ0) is 12.4. The highest BCUT2D eigenvalue weighted by atomic mass is 32.1. The molecule has 0 spiro atoms. The first-order valence-corrected chi connectivity index (χ1v) is 7.06. The highest BCUT2D eigenvalue weighted by Gasteiger charge is 2.19. The monoisotopic (exact) mass is 260 g/mol. The molecule has 1 atom stereocenters. The molecule has 0 saturated carbocycles. The number of ether oxygens (including phenoxy) is 1. The minimum absolute atomic E-state index is 0.113. The average molecular weight is 260 g/mol. The summed E-state index contributed by atoms with van der Waals surface area (Å²) in [5.74, 6) is 0. The van der Waals surface area contributed by atoms with Crippen molar-refractivity contribution in [2.24, 2.45) is 0 Å². The van der Waals surface area contributed by atoms with Crippen LogP contribution in [0.1, 0.15) is 16.7 Å². The smallest absolute Gasteiger partial charge is 0.124 e. The Bertz CT molecular complexity index is 532. The Kier molecular flexibility index (Phi) is 3.41. The second-order valence-corrected chi connectivity index (χ2v) is 5.39. The van der Waals surface area contributed by atoms with Gasteiger partial charge in [-0.15, -0.1) is 11.3 Å². The lowest BCUT2D eigenvalue weighted by Gasteiger charge is -2.21. The molecule has 1 aliphatic heterocycles. The first kappa shape index (κ1) is 11.8. The number of morpholine rings is 1. The summed E-state index contributed by atoms with van der Waals surface area (Å²) in [6, 6.07) is 8.44. The van der Waals surface area contributed by atoms with Gasteiger partial charge in [0.25, 0.3) is 0 Å². The second-order valence-electron chi connectivity index (χ2n) is 4.50. The highest BCUT2D eigenvalue weighted by molar-refractivity contribution is 7.10. The molecular formula is C14H16N2OS. The minimum atomic E-state index is 0.113. The van der Waals surface area contributed by atoms with E-state index in [9.17, 15) is 0 Å². The summed E-state index contributed by atoms with van der Waals surface area (Å²) in [4.78, 5) is 4.70. The van der Waals surface area contributed by atoms with Gasteiger partial charge in [-0.3, -0.25) is 0 Å². The van der Waals surface area contributed by atoms with Crippen LogP contribution in [0.2, 0.25) is 0 Å². The third-order valence-corrected chi connectivity index (χ3v) is 3.98. The van der Waals surface area contributed by atoms with Gasteiger partial charge in [-0.05, 0) is 13.0 Å². The standard InChI is InChI=1S/C14H16N2OS/c1-10-3-2-4-11(7-10)12-9-18-14(16-12)13-8-15-5-6-17-13/h2-4,7,9,13,15H,5-6,8H2,1H3/t13-/m1/s1. The van der Waals surface area contributed by atoms with Crippen LogP contribution >= 0.6 is 11.3 Å². The van der Waals surface area contributed by atoms with Crippen LogP contribution in [0.25, 0.3) is 11.3 Å². The van der Waals surface area contributed by atoms with Crippen LogP contribution < -0.4 is 5.32 Å². The Morgan fingerprint density at radius 3 is 3.17 bits per heavy atom. The molecule has 0 aliphatic carbocycles. The zero-order valence-corrected chi connectivity index (χ0v) is 11.2. The quantitative estimate of drug-likeness (QED) is 0.901. The van der Waals surface area contributed by atoms with Crippen molar-refractivity contribution >= 4 is 11.3 Å². The molecule has 3 nitrogen and oxygen atoms in total. The number of aryl methyl sites for hydroxylation is 1. The molecule has 1 fully saturated rings. The molecule has 1 aliphatic rings. The van der Waals surface area contributed by atoms with Gasteiger partial charge in [-0.1, -0.05) is 23.8 Å². The van der Waals surface area contributed by atoms with E-state index in [1.54, 1.807) is 11.3 Å². The number of rotatable bonds is 2. The van der Waals surface area contributed by atoms with Gasteiger partial charge in [0.1, 0.15) is 11.1 Å². The molecule has 2 heterocycles. The Labute approximate surface area is 111 Å². The van der Waals surface area contributed by atoms with E-state index in [0.717, 1.165) is 30.4 Å². The van der Waals surface area contributed by atoms with Gasteiger partial charge in [-0.2, -0.15) is 0 Å². The van der Waals surface area contributed by atoms with Crippen molar-refractivity contribution in [3.63, 3.8) is 0 Å². The molecule has 0 bridgehead atoms. The van der Waals surface area contributed by atoms with Gasteiger partial charge in [0.05, 0.1) is 12.3 Å². The Morgan fingerprint density at radius 1 is 1.44 bits per heavy atom. The van der Waals surface area contributed by atoms with E-state index in [0.29, 0.717) is 0 Å². The van der Waals surface area contributed by atoms with Crippen molar-refractivity contribution < 1.29 is 4.74 Å². The van der Waals surface area contributed by atoms with Gasteiger partial charge >= 0.3 is 0 Å². The van der Waals surface area contributed by atoms with Crippen molar-refractivity contribution in [1.29, 1.82) is 0 Å². The fourth-order valence-electron chi connectivity index (χ4n) is 2.10. The maximum atomic E-state index is 5.72. The lowest BCUT2D eigenvalue weighted by atomic mass is 10.1. The molecule has 1 aromatic carbocycles. The van der Waals surface area contributed by atoms with E-state index < -0.39 is 0 Å². The van der Waals surface area contributed by atoms with E-state index in [1.165, 1.54) is 11.1 Å². The van der Waals surface area contributed by atoms with Crippen LogP contribution in [-0.2, 0) is 4.74 Å². The summed E-state index contributed by atoms with van der Waals surface area (Å²) in [6.45, 7) is 4.67. The number of nitrogens with zero attached hydrogens (tertiary/aromatic N) is 1. The number of benzene rings is 1. The predicted molar refractivity (Wildman–Crippen MR) is 73.8 cm³/mol. The minimum Gasteiger partial charge on any atom is -0.368 e. The molecule has 0 unspecified atom stereocenters. The van der Waals surface area contributed by atoms with Gasteiger partial charge < -0.3 is 10.1 Å². The molecule has 18 heavy (non-hydrogen) atoms. The maximum Gasteiger partial charge on any atom is 0.124 e. The summed E-state index contributed by atoms with van der Waals surface area (Å²) >= 11 is 1.68. The van der Waals surface area contributed by atoms with E-state index in [1.807, 2.05) is 0 Å². The number of thiazole rings is 1. The Balaban J connectivity index is 1.84. The van der Waals surface area contributed by atoms with E-state index in [2.05, 4.69) is 41.9 Å². The van der Waals surface area contributed by atoms with Crippen LogP contribution in [0, 0.1) is 6.92 Å². The summed E-state index contributed by atoms with van der Waals surface area (Å²) in [6.07, 6.45) is 0.113. The Hall–Kier alpha value is -1.23. The van der Waals surface area contributed by atoms with Crippen LogP contribution in [-0.4, -0.2) is 24.7 Å². The van der Waals surface area contributed by atoms with E-state index in [4.69, 9.17) is 9.72 Å². The number of nitrogens with one attached hydrogen (secondary N) is 1. The lowest BCUT2D eigenvalue weighted by molar-refractivity contribution is 0.0276. The van der Waals surface area contributed by atoms with Crippen molar-refractivity contribution in [3.8, 4) is 11.3 Å². The van der Waals surface area contributed by atoms with Crippen LogP contribution in [0.3, 0.4) is 0 Å². The van der Waals surface area contributed by atoms with E-state index >= 15 is 0 Å². The number of aromatic nitrogens is 1. The van der Waals surface area contributed by atoms with Crippen molar-refractivity contribution in [1.82, 2.24) is 10.3 Å². The fourth-order valence-corrected chi connectivity index (χ4v) is 2.97. The summed E-state index contributed by atoms with van der Waals surface area (Å²) in [7, 11) is 0. The van der Waals surface area contributed by atoms with Gasteiger partial charge in [-0.25, -0.2) is 4.98 Å². The van der Waals surface area contributed by atoms with Crippen molar-refractivity contribution in [2.45, 2.75) is 13.0 Å². The first-order valence-electron chi connectivity index (χ1n) is 6.18. The third-order valence-electron chi connectivity index (χ3n) is 3.04. The molecule has 94 valence electrons. The van der Waals surface area contributed by atoms with Crippen molar-refractivity contribution in [2.75, 3.05) is 19.7 Å². The summed E-state index contributed by atoms with van der Waals surface area (Å²) < 4.78 is 5.72. The van der Waals surface area contributed by atoms with Crippen LogP contribution in [0.15, 0.2) is 29.6 Å². The lowest BCUT2D eigenvalue weighted by Crippen LogP contribution is -2.33. The molecule has 1 saturated heterocycles. The molecule has 4 heteroatoms. The molecule has 1 N–H and O–H groups in total. The van der Waals surface area contributed by atoms with Gasteiger partial charge in [0.15, 0.2) is 0 Å². The highest BCUT2D eigenvalue weighted by Crippen LogP contribution is 2.28. The number of hydrogen-bond donors (Lipinski definition) is 1. The molecule has 2 aromatic rings. The summed E-state index contributed by atoms with van der Waals surface area (Å²) in [5.41, 5.74) is 3.49. The van der Waals surface area contributed by atoms with Crippen molar-refractivity contribution in [3.05, 3.63) is 40.2 Å². The average Bonchev–Trinajstić information content (AvgIpc) is 2.89. The van der Waals surface area contributed by atoms with Crippen LogP contribution in [0.4, 0.5) is 0 Å². The Morgan fingerprint density at radius 2 is 2.39 bits per heavy atom. The SMILES string of the molecule is Cc1cccc(-c2csc([C@H]3CNCCO3)n2)c1. The second kappa shape index (κ2) is 5.18. The summed E-state index contributed by atoms with van der Waals surface area (Å²) in [5, 5.41) is 6.51. The first-order chi connectivity index (χ1) is 8.83. The zero-order valence-electron chi connectivity index (χ0n) is 10.3. The maximum absolute atomic E-state index is 5.72. The van der Waals surface area contributed by atoms with Crippen LogP contribution in [0.5, 0.6) is 0 Å².